The third kappa shape index (κ3) is 2.34. The molecule has 0 aliphatic carbocycles. The number of H-pyrrole nitrogens is 1. The molecular formula is C18H13FN8. The molecule has 1 aliphatic rings. The van der Waals surface area contributed by atoms with Gasteiger partial charge < -0.3 is 9.88 Å². The van der Waals surface area contributed by atoms with Crippen LogP contribution in [0.25, 0.3) is 5.52 Å². The van der Waals surface area contributed by atoms with Crippen molar-refractivity contribution in [1.82, 2.24) is 29.8 Å². The fraction of sp³-hybridized carbons (Fsp3) is 0.167. The molecule has 0 amide bonds. The highest BCUT2D eigenvalue weighted by Crippen LogP contribution is 2.36. The average molecular weight is 360 g/mol. The lowest BCUT2D eigenvalue weighted by Gasteiger charge is -2.34. The molecule has 5 heterocycles. The molecule has 0 unspecified atom stereocenters. The lowest BCUT2D eigenvalue weighted by Crippen LogP contribution is -2.37. The van der Waals surface area contributed by atoms with E-state index in [1.807, 2.05) is 4.90 Å². The number of halogens is 1. The zero-order chi connectivity index (χ0) is 18.4. The van der Waals surface area contributed by atoms with Gasteiger partial charge in [0, 0.05) is 24.9 Å². The minimum Gasteiger partial charge on any atom is -0.348 e. The van der Waals surface area contributed by atoms with Gasteiger partial charge in [0.2, 0.25) is 0 Å². The van der Waals surface area contributed by atoms with E-state index in [0.717, 1.165) is 17.8 Å². The Bertz CT molecular complexity index is 1190. The second kappa shape index (κ2) is 5.88. The van der Waals surface area contributed by atoms with Crippen molar-refractivity contribution in [2.45, 2.75) is 12.5 Å². The molecule has 0 bridgehead atoms. The molecule has 0 aromatic carbocycles. The van der Waals surface area contributed by atoms with Gasteiger partial charge in [0.1, 0.15) is 23.4 Å². The summed E-state index contributed by atoms with van der Waals surface area (Å²) in [5.74, 6) is 0.120. The first-order valence-corrected chi connectivity index (χ1v) is 8.40. The zero-order valence-corrected chi connectivity index (χ0v) is 14.0. The summed E-state index contributed by atoms with van der Waals surface area (Å²) in [6.07, 6.45) is 5.54. The number of rotatable bonds is 2. The van der Waals surface area contributed by atoms with E-state index in [4.69, 9.17) is 0 Å². The number of pyridine rings is 1. The third-order valence-electron chi connectivity index (χ3n) is 4.77. The fourth-order valence-corrected chi connectivity index (χ4v) is 3.56. The first kappa shape index (κ1) is 15.5. The zero-order valence-electron chi connectivity index (χ0n) is 14.0. The van der Waals surface area contributed by atoms with Crippen molar-refractivity contribution < 1.29 is 4.39 Å². The van der Waals surface area contributed by atoms with Crippen molar-refractivity contribution in [1.29, 1.82) is 5.26 Å². The third-order valence-corrected chi connectivity index (χ3v) is 4.77. The lowest BCUT2D eigenvalue weighted by atomic mass is 9.99. The molecular weight excluding hydrogens is 347 g/mol. The SMILES string of the molecule is N#Cc1ccnnc1N1CCc2[nH]cnc2[C@H]1c1cc2c(F)cccn2n1. The van der Waals surface area contributed by atoms with E-state index in [-0.39, 0.29) is 5.82 Å². The predicted octanol–water partition coefficient (Wildman–Crippen LogP) is 2.01. The number of nitrogens with zero attached hydrogens (tertiary/aromatic N) is 7. The summed E-state index contributed by atoms with van der Waals surface area (Å²) in [5, 5.41) is 22.2. The van der Waals surface area contributed by atoms with Crippen LogP contribution < -0.4 is 4.90 Å². The maximum absolute atomic E-state index is 14.2. The molecule has 0 fully saturated rings. The number of hydrogen-bond acceptors (Lipinski definition) is 6. The number of fused-ring (bicyclic) bond motifs is 2. The van der Waals surface area contributed by atoms with Crippen LogP contribution in [0.5, 0.6) is 0 Å². The summed E-state index contributed by atoms with van der Waals surface area (Å²) >= 11 is 0. The van der Waals surface area contributed by atoms with Gasteiger partial charge in [-0.2, -0.15) is 15.5 Å². The van der Waals surface area contributed by atoms with Gasteiger partial charge in [-0.15, -0.1) is 5.10 Å². The van der Waals surface area contributed by atoms with Gasteiger partial charge in [-0.3, -0.25) is 0 Å². The van der Waals surface area contributed by atoms with E-state index in [0.29, 0.717) is 29.1 Å². The number of imidazole rings is 1. The van der Waals surface area contributed by atoms with Gasteiger partial charge in [-0.05, 0) is 24.3 Å². The van der Waals surface area contributed by atoms with Crippen LogP contribution in [0.15, 0.2) is 43.0 Å². The van der Waals surface area contributed by atoms with E-state index >= 15 is 0 Å². The number of anilines is 1. The summed E-state index contributed by atoms with van der Waals surface area (Å²) < 4.78 is 15.7. The molecule has 9 heteroatoms. The van der Waals surface area contributed by atoms with Gasteiger partial charge in [-0.25, -0.2) is 13.9 Å². The number of aromatic nitrogens is 6. The predicted molar refractivity (Wildman–Crippen MR) is 93.4 cm³/mol. The highest BCUT2D eigenvalue weighted by atomic mass is 19.1. The Kier molecular flexibility index (Phi) is 3.36. The Morgan fingerprint density at radius 2 is 2.26 bits per heavy atom. The van der Waals surface area contributed by atoms with Crippen LogP contribution in [0.3, 0.4) is 0 Å². The summed E-state index contributed by atoms with van der Waals surface area (Å²) in [6.45, 7) is 0.601. The highest BCUT2D eigenvalue weighted by Gasteiger charge is 2.35. The Morgan fingerprint density at radius 3 is 3.11 bits per heavy atom. The van der Waals surface area contributed by atoms with Crippen LogP contribution in [0.1, 0.15) is 28.7 Å². The average Bonchev–Trinajstić information content (AvgIpc) is 3.34. The van der Waals surface area contributed by atoms with E-state index in [9.17, 15) is 9.65 Å². The normalized spacial score (nSPS) is 16.3. The van der Waals surface area contributed by atoms with Gasteiger partial charge in [-0.1, -0.05) is 0 Å². The van der Waals surface area contributed by atoms with Crippen LogP contribution in [-0.2, 0) is 6.42 Å². The Hall–Kier alpha value is -3.80. The minimum atomic E-state index is -0.400. The molecule has 1 N–H and O–H groups in total. The van der Waals surface area contributed by atoms with Gasteiger partial charge >= 0.3 is 0 Å². The molecule has 0 saturated heterocycles. The maximum atomic E-state index is 14.2. The van der Waals surface area contributed by atoms with Crippen molar-refractivity contribution in [3.8, 4) is 6.07 Å². The van der Waals surface area contributed by atoms with E-state index in [1.54, 1.807) is 30.7 Å². The van der Waals surface area contributed by atoms with Crippen LogP contribution in [-0.4, -0.2) is 36.3 Å². The van der Waals surface area contributed by atoms with Crippen molar-refractivity contribution >= 4 is 11.3 Å². The summed E-state index contributed by atoms with van der Waals surface area (Å²) in [4.78, 5) is 9.58. The summed E-state index contributed by atoms with van der Waals surface area (Å²) in [5.41, 5.74) is 3.22. The number of nitriles is 1. The monoisotopic (exact) mass is 360 g/mol. The van der Waals surface area contributed by atoms with Gasteiger partial charge in [0.15, 0.2) is 5.82 Å². The first-order chi connectivity index (χ1) is 13.3. The number of aromatic amines is 1. The molecule has 0 spiro atoms. The molecule has 0 saturated carbocycles. The number of hydrogen-bond donors (Lipinski definition) is 1. The maximum Gasteiger partial charge on any atom is 0.170 e. The van der Waals surface area contributed by atoms with Crippen molar-refractivity contribution in [2.75, 3.05) is 11.4 Å². The minimum absolute atomic E-state index is 0.349. The second-order valence-electron chi connectivity index (χ2n) is 6.25. The molecule has 1 aliphatic heterocycles. The van der Waals surface area contributed by atoms with Crippen LogP contribution in [0.4, 0.5) is 10.2 Å². The van der Waals surface area contributed by atoms with E-state index < -0.39 is 6.04 Å². The smallest absolute Gasteiger partial charge is 0.170 e. The molecule has 4 aromatic rings. The molecule has 0 radical (unpaired) electrons. The topological polar surface area (TPSA) is 98.8 Å². The van der Waals surface area contributed by atoms with Gasteiger partial charge in [0.25, 0.3) is 0 Å². The Morgan fingerprint density at radius 1 is 1.33 bits per heavy atom. The molecule has 5 rings (SSSR count). The first-order valence-electron chi connectivity index (χ1n) is 8.40. The molecule has 4 aromatic heterocycles. The molecule has 27 heavy (non-hydrogen) atoms. The van der Waals surface area contributed by atoms with Crippen molar-refractivity contribution in [3.05, 3.63) is 71.4 Å². The van der Waals surface area contributed by atoms with Crippen molar-refractivity contribution in [2.24, 2.45) is 0 Å². The largest absolute Gasteiger partial charge is 0.348 e. The molecule has 8 nitrogen and oxygen atoms in total. The summed E-state index contributed by atoms with van der Waals surface area (Å²) in [7, 11) is 0. The Balaban J connectivity index is 1.72. The highest BCUT2D eigenvalue weighted by molar-refractivity contribution is 5.58. The standard InChI is InChI=1S/C18H13FN8/c19-12-2-1-6-27-15(12)8-14(25-27)17-16-13(21-10-22-16)4-7-26(17)18-11(9-20)3-5-23-24-18/h1-3,5-6,8,10,17H,4,7H2,(H,21,22)/t17-/m1/s1. The van der Waals surface area contributed by atoms with Crippen LogP contribution >= 0.6 is 0 Å². The molecule has 132 valence electrons. The van der Waals surface area contributed by atoms with E-state index in [1.165, 1.54) is 16.8 Å². The summed E-state index contributed by atoms with van der Waals surface area (Å²) in [6, 6.07) is 8.10. The Labute approximate surface area is 152 Å². The second-order valence-corrected chi connectivity index (χ2v) is 6.25. The van der Waals surface area contributed by atoms with Crippen LogP contribution in [0, 0.1) is 17.1 Å². The van der Waals surface area contributed by atoms with E-state index in [2.05, 4.69) is 31.3 Å². The lowest BCUT2D eigenvalue weighted by molar-refractivity contribution is 0.605. The number of nitrogens with one attached hydrogen (secondary N) is 1. The van der Waals surface area contributed by atoms with Crippen LogP contribution in [0.2, 0.25) is 0 Å². The fourth-order valence-electron chi connectivity index (χ4n) is 3.56. The van der Waals surface area contributed by atoms with Gasteiger partial charge in [0.05, 0.1) is 29.5 Å². The van der Waals surface area contributed by atoms with Crippen molar-refractivity contribution in [3.63, 3.8) is 0 Å². The molecule has 1 atom stereocenters. The quantitative estimate of drug-likeness (QED) is 0.587.